The summed E-state index contributed by atoms with van der Waals surface area (Å²) < 4.78 is 4.84. The molecule has 6 heteroatoms. The first-order valence-corrected chi connectivity index (χ1v) is 9.66. The molecular weight excluding hydrogens is 258 g/mol. The molecule has 1 rings (SSSR count). The van der Waals surface area contributed by atoms with Gasteiger partial charge in [0.2, 0.25) is 5.82 Å². The molecule has 0 aliphatic rings. The van der Waals surface area contributed by atoms with Gasteiger partial charge in [0.15, 0.2) is 0 Å². The molecule has 5 nitrogen and oxygen atoms in total. The molecule has 0 unspecified atom stereocenters. The summed E-state index contributed by atoms with van der Waals surface area (Å²) in [6.45, 7) is 9.10. The topological polar surface area (TPSA) is 64.1 Å². The van der Waals surface area contributed by atoms with Crippen molar-refractivity contribution >= 4 is 19.9 Å². The maximum atomic E-state index is 11.5. The van der Waals surface area contributed by atoms with Gasteiger partial charge < -0.3 is 10.1 Å². The van der Waals surface area contributed by atoms with E-state index in [-0.39, 0.29) is 5.82 Å². The van der Waals surface area contributed by atoms with Crippen molar-refractivity contribution in [3.63, 3.8) is 0 Å². The molecule has 0 radical (unpaired) electrons. The second-order valence-electron chi connectivity index (χ2n) is 4.89. The van der Waals surface area contributed by atoms with Gasteiger partial charge in [-0.25, -0.2) is 14.8 Å². The molecule has 0 atom stereocenters. The SMILES string of the molecule is CCOC(=O)c1nccc(NCC#C[Si](C)(C)C)n1. The zero-order valence-electron chi connectivity index (χ0n) is 11.8. The van der Waals surface area contributed by atoms with Crippen molar-refractivity contribution in [2.75, 3.05) is 18.5 Å². The molecule has 0 aliphatic carbocycles. The van der Waals surface area contributed by atoms with Crippen molar-refractivity contribution in [1.82, 2.24) is 9.97 Å². The third-order valence-electron chi connectivity index (χ3n) is 1.93. The van der Waals surface area contributed by atoms with E-state index in [0.717, 1.165) is 0 Å². The van der Waals surface area contributed by atoms with E-state index in [9.17, 15) is 4.79 Å². The number of carbonyl (C=O) groups excluding carboxylic acids is 1. The predicted octanol–water partition coefficient (Wildman–Crippen LogP) is 1.95. The minimum absolute atomic E-state index is 0.0602. The maximum absolute atomic E-state index is 11.5. The molecule has 0 saturated heterocycles. The number of ether oxygens (including phenoxy) is 1. The highest BCUT2D eigenvalue weighted by atomic mass is 28.3. The second kappa shape index (κ2) is 6.90. The van der Waals surface area contributed by atoms with Gasteiger partial charge in [-0.05, 0) is 13.0 Å². The molecule has 1 aromatic heterocycles. The lowest BCUT2D eigenvalue weighted by Crippen LogP contribution is -2.17. The van der Waals surface area contributed by atoms with Gasteiger partial charge in [-0.2, -0.15) is 0 Å². The molecule has 0 saturated carbocycles. The lowest BCUT2D eigenvalue weighted by molar-refractivity contribution is 0.0512. The Balaban J connectivity index is 2.62. The molecule has 1 N–H and O–H groups in total. The number of carbonyl (C=O) groups is 1. The summed E-state index contributed by atoms with van der Waals surface area (Å²) >= 11 is 0. The highest BCUT2D eigenvalue weighted by molar-refractivity contribution is 6.83. The number of nitrogens with zero attached hydrogens (tertiary/aromatic N) is 2. The summed E-state index contributed by atoms with van der Waals surface area (Å²) in [5.74, 6) is 3.19. The number of anilines is 1. The van der Waals surface area contributed by atoms with Crippen molar-refractivity contribution in [1.29, 1.82) is 0 Å². The summed E-state index contributed by atoms with van der Waals surface area (Å²) in [6.07, 6.45) is 1.52. The fourth-order valence-electron chi connectivity index (χ4n) is 1.20. The standard InChI is InChI=1S/C13H19N3O2Si/c1-5-18-13(17)12-15-9-7-11(16-12)14-8-6-10-19(2,3)4/h7,9H,5,8H2,1-4H3,(H,14,15,16). The number of esters is 1. The molecule has 0 amide bonds. The quantitative estimate of drug-likeness (QED) is 0.518. The Labute approximate surface area is 114 Å². The van der Waals surface area contributed by atoms with Crippen molar-refractivity contribution in [3.05, 3.63) is 18.1 Å². The van der Waals surface area contributed by atoms with Crippen LogP contribution in [-0.2, 0) is 4.74 Å². The van der Waals surface area contributed by atoms with E-state index in [2.05, 4.69) is 46.4 Å². The normalized spacial score (nSPS) is 10.3. The second-order valence-corrected chi connectivity index (χ2v) is 9.64. The number of nitrogens with one attached hydrogen (secondary N) is 1. The van der Waals surface area contributed by atoms with E-state index < -0.39 is 14.0 Å². The highest BCUT2D eigenvalue weighted by Crippen LogP contribution is 2.03. The van der Waals surface area contributed by atoms with E-state index in [1.54, 1.807) is 13.0 Å². The zero-order chi connectivity index (χ0) is 14.3. The van der Waals surface area contributed by atoms with Crippen LogP contribution in [0.5, 0.6) is 0 Å². The van der Waals surface area contributed by atoms with Gasteiger partial charge in [0, 0.05) is 6.20 Å². The number of rotatable bonds is 4. The van der Waals surface area contributed by atoms with E-state index in [1.807, 2.05) is 0 Å². The molecule has 1 aromatic rings. The third-order valence-corrected chi connectivity index (χ3v) is 2.86. The Hall–Kier alpha value is -1.87. The van der Waals surface area contributed by atoms with Crippen molar-refractivity contribution < 1.29 is 9.53 Å². The average molecular weight is 277 g/mol. The summed E-state index contributed by atoms with van der Waals surface area (Å²) in [5, 5.41) is 3.04. The molecule has 1 heterocycles. The minimum atomic E-state index is -1.34. The van der Waals surface area contributed by atoms with Gasteiger partial charge in [-0.1, -0.05) is 25.6 Å². The Morgan fingerprint density at radius 2 is 2.21 bits per heavy atom. The summed E-state index contributed by atoms with van der Waals surface area (Å²) in [7, 11) is -1.34. The van der Waals surface area contributed by atoms with Gasteiger partial charge in [0.05, 0.1) is 13.2 Å². The smallest absolute Gasteiger partial charge is 0.376 e. The van der Waals surface area contributed by atoms with Crippen LogP contribution in [0.1, 0.15) is 17.5 Å². The largest absolute Gasteiger partial charge is 0.460 e. The van der Waals surface area contributed by atoms with Gasteiger partial charge >= 0.3 is 5.97 Å². The fraction of sp³-hybridized carbons (Fsp3) is 0.462. The van der Waals surface area contributed by atoms with Crippen LogP contribution in [0.4, 0.5) is 5.82 Å². The molecular formula is C13H19N3O2Si. The van der Waals surface area contributed by atoms with Crippen LogP contribution in [0.3, 0.4) is 0 Å². The van der Waals surface area contributed by atoms with Crippen LogP contribution < -0.4 is 5.32 Å². The van der Waals surface area contributed by atoms with Gasteiger partial charge in [0.25, 0.3) is 0 Å². The van der Waals surface area contributed by atoms with Crippen LogP contribution in [0.2, 0.25) is 19.6 Å². The molecule has 0 aliphatic heterocycles. The van der Waals surface area contributed by atoms with Crippen LogP contribution in [0, 0.1) is 11.5 Å². The third kappa shape index (κ3) is 6.02. The highest BCUT2D eigenvalue weighted by Gasteiger charge is 2.10. The average Bonchev–Trinajstić information content (AvgIpc) is 2.34. The Morgan fingerprint density at radius 3 is 2.84 bits per heavy atom. The Kier molecular flexibility index (Phi) is 5.51. The van der Waals surface area contributed by atoms with Gasteiger partial charge in [-0.3, -0.25) is 0 Å². The first kappa shape index (κ1) is 15.2. The summed E-state index contributed by atoms with van der Waals surface area (Å²) in [6, 6.07) is 1.69. The van der Waals surface area contributed by atoms with Crippen molar-refractivity contribution in [2.24, 2.45) is 0 Å². The Bertz CT molecular complexity index is 501. The molecule has 0 spiro atoms. The van der Waals surface area contributed by atoms with E-state index in [0.29, 0.717) is 19.0 Å². The van der Waals surface area contributed by atoms with E-state index in [4.69, 9.17) is 4.74 Å². The number of aromatic nitrogens is 2. The van der Waals surface area contributed by atoms with Gasteiger partial charge in [-0.15, -0.1) is 5.54 Å². The lowest BCUT2D eigenvalue weighted by Gasteiger charge is -2.05. The van der Waals surface area contributed by atoms with Crippen LogP contribution in [0.25, 0.3) is 0 Å². The lowest BCUT2D eigenvalue weighted by atomic mass is 10.5. The molecule has 19 heavy (non-hydrogen) atoms. The number of hydrogen-bond donors (Lipinski definition) is 1. The monoisotopic (exact) mass is 277 g/mol. The molecule has 0 aromatic carbocycles. The van der Waals surface area contributed by atoms with Crippen molar-refractivity contribution in [2.45, 2.75) is 26.6 Å². The molecule has 0 bridgehead atoms. The van der Waals surface area contributed by atoms with Gasteiger partial charge in [0.1, 0.15) is 13.9 Å². The van der Waals surface area contributed by atoms with Crippen LogP contribution >= 0.6 is 0 Å². The van der Waals surface area contributed by atoms with Crippen LogP contribution in [-0.4, -0.2) is 37.2 Å². The summed E-state index contributed by atoms with van der Waals surface area (Å²) in [5.41, 5.74) is 3.24. The zero-order valence-corrected chi connectivity index (χ0v) is 12.8. The molecule has 0 fully saturated rings. The van der Waals surface area contributed by atoms with E-state index >= 15 is 0 Å². The minimum Gasteiger partial charge on any atom is -0.460 e. The predicted molar refractivity (Wildman–Crippen MR) is 77.6 cm³/mol. The maximum Gasteiger partial charge on any atom is 0.376 e. The number of hydrogen-bond acceptors (Lipinski definition) is 5. The fourth-order valence-corrected chi connectivity index (χ4v) is 1.81. The van der Waals surface area contributed by atoms with E-state index in [1.165, 1.54) is 6.20 Å². The van der Waals surface area contributed by atoms with Crippen LogP contribution in [0.15, 0.2) is 12.3 Å². The molecule has 102 valence electrons. The summed E-state index contributed by atoms with van der Waals surface area (Å²) in [4.78, 5) is 19.4. The first-order valence-electron chi connectivity index (χ1n) is 6.16. The van der Waals surface area contributed by atoms with Crippen molar-refractivity contribution in [3.8, 4) is 11.5 Å². The first-order chi connectivity index (χ1) is 8.92. The Morgan fingerprint density at radius 1 is 1.47 bits per heavy atom.